The Bertz CT molecular complexity index is 867. The number of carbonyl (C=O) groups is 1. The Hall–Kier alpha value is -2.33. The summed E-state index contributed by atoms with van der Waals surface area (Å²) in [7, 11) is 0. The number of ether oxygens (including phenoxy) is 1. The van der Waals surface area contributed by atoms with Crippen molar-refractivity contribution in [2.45, 2.75) is 64.6 Å². The third-order valence-electron chi connectivity index (χ3n) is 6.00. The first-order chi connectivity index (χ1) is 13.9. The van der Waals surface area contributed by atoms with E-state index in [1.165, 1.54) is 43.5 Å². The predicted molar refractivity (Wildman–Crippen MR) is 116 cm³/mol. The van der Waals surface area contributed by atoms with E-state index < -0.39 is 0 Å². The third-order valence-corrected chi connectivity index (χ3v) is 6.00. The van der Waals surface area contributed by atoms with Crippen molar-refractivity contribution in [1.82, 2.24) is 10.2 Å². The molecule has 0 aliphatic carbocycles. The van der Waals surface area contributed by atoms with Crippen LogP contribution in [0.4, 0.5) is 0 Å². The van der Waals surface area contributed by atoms with E-state index in [4.69, 9.17) is 4.74 Å². The summed E-state index contributed by atoms with van der Waals surface area (Å²) in [5, 5.41) is 3.25. The Balaban J connectivity index is 1.45. The van der Waals surface area contributed by atoms with Crippen LogP contribution in [0.3, 0.4) is 0 Å². The number of hydrogen-bond donors (Lipinski definition) is 1. The van der Waals surface area contributed by atoms with Crippen LogP contribution >= 0.6 is 0 Å². The van der Waals surface area contributed by atoms with Crippen molar-refractivity contribution in [3.63, 3.8) is 0 Å². The van der Waals surface area contributed by atoms with Crippen LogP contribution in [0.25, 0.3) is 0 Å². The van der Waals surface area contributed by atoms with Crippen LogP contribution in [0.5, 0.6) is 5.75 Å². The minimum atomic E-state index is -0.307. The van der Waals surface area contributed by atoms with Crippen LogP contribution in [0.15, 0.2) is 42.5 Å². The van der Waals surface area contributed by atoms with Crippen molar-refractivity contribution in [2.75, 3.05) is 13.1 Å². The fourth-order valence-electron chi connectivity index (χ4n) is 4.48. The molecule has 4 rings (SSSR count). The van der Waals surface area contributed by atoms with Crippen LogP contribution in [-0.4, -0.2) is 29.5 Å². The first-order valence-electron chi connectivity index (χ1n) is 10.8. The molecule has 4 nitrogen and oxygen atoms in total. The molecule has 1 amide bonds. The summed E-state index contributed by atoms with van der Waals surface area (Å²) in [4.78, 5) is 15.5. The van der Waals surface area contributed by atoms with E-state index in [1.807, 2.05) is 18.2 Å². The molecule has 2 aromatic rings. The molecule has 2 heterocycles. The van der Waals surface area contributed by atoms with E-state index in [2.05, 4.69) is 55.3 Å². The third kappa shape index (κ3) is 4.81. The van der Waals surface area contributed by atoms with Crippen molar-refractivity contribution in [3.8, 4) is 5.75 Å². The first kappa shape index (κ1) is 20.0. The quantitative estimate of drug-likeness (QED) is 0.795. The average Bonchev–Trinajstić information content (AvgIpc) is 2.69. The van der Waals surface area contributed by atoms with Crippen molar-refractivity contribution in [2.24, 2.45) is 0 Å². The van der Waals surface area contributed by atoms with Gasteiger partial charge in [0.05, 0.1) is 6.04 Å². The SMILES string of the molecule is Cc1ccc2c(c1)[C@H](NC(=O)c1ccc(CN3CCCCC3)cc1)CC(C)(C)O2. The van der Waals surface area contributed by atoms with Crippen molar-refractivity contribution < 1.29 is 9.53 Å². The van der Waals surface area contributed by atoms with E-state index in [-0.39, 0.29) is 17.6 Å². The lowest BCUT2D eigenvalue weighted by Crippen LogP contribution is -2.41. The highest BCUT2D eigenvalue weighted by Crippen LogP contribution is 2.40. The Kier molecular flexibility index (Phi) is 5.64. The molecule has 1 N–H and O–H groups in total. The molecule has 0 unspecified atom stereocenters. The van der Waals surface area contributed by atoms with E-state index >= 15 is 0 Å². The predicted octanol–water partition coefficient (Wildman–Crippen LogP) is 5.01. The van der Waals surface area contributed by atoms with Gasteiger partial charge < -0.3 is 10.1 Å². The zero-order chi connectivity index (χ0) is 20.4. The number of piperidine rings is 1. The number of aryl methyl sites for hydroxylation is 1. The average molecular weight is 393 g/mol. The Labute approximate surface area is 174 Å². The van der Waals surface area contributed by atoms with Gasteiger partial charge in [-0.25, -0.2) is 0 Å². The molecule has 0 bridgehead atoms. The lowest BCUT2D eigenvalue weighted by Gasteiger charge is -2.38. The van der Waals surface area contributed by atoms with Gasteiger partial charge in [-0.1, -0.05) is 36.2 Å². The Morgan fingerprint density at radius 3 is 2.55 bits per heavy atom. The summed E-state index contributed by atoms with van der Waals surface area (Å²) in [6, 6.07) is 14.2. The molecular weight excluding hydrogens is 360 g/mol. The molecule has 1 atom stereocenters. The number of amides is 1. The molecule has 2 aliphatic rings. The van der Waals surface area contributed by atoms with E-state index in [1.54, 1.807) is 0 Å². The molecule has 4 heteroatoms. The summed E-state index contributed by atoms with van der Waals surface area (Å²) in [5.74, 6) is 0.846. The molecule has 154 valence electrons. The molecule has 0 spiro atoms. The molecule has 2 aliphatic heterocycles. The van der Waals surface area contributed by atoms with Gasteiger partial charge in [-0.15, -0.1) is 0 Å². The monoisotopic (exact) mass is 392 g/mol. The molecular formula is C25H32N2O2. The minimum Gasteiger partial charge on any atom is -0.487 e. The zero-order valence-corrected chi connectivity index (χ0v) is 17.8. The molecule has 1 saturated heterocycles. The van der Waals surface area contributed by atoms with Crippen LogP contribution in [0.1, 0.15) is 72.6 Å². The summed E-state index contributed by atoms with van der Waals surface area (Å²) >= 11 is 0. The smallest absolute Gasteiger partial charge is 0.251 e. The second-order valence-electron chi connectivity index (χ2n) is 9.17. The largest absolute Gasteiger partial charge is 0.487 e. The van der Waals surface area contributed by atoms with Crippen LogP contribution < -0.4 is 10.1 Å². The number of nitrogens with one attached hydrogen (secondary N) is 1. The van der Waals surface area contributed by atoms with Gasteiger partial charge in [0.25, 0.3) is 5.91 Å². The standard InChI is InChI=1S/C25H32N2O2/c1-18-7-12-23-21(15-18)22(16-25(2,3)29-23)26-24(28)20-10-8-19(9-11-20)17-27-13-5-4-6-14-27/h7-12,15,22H,4-6,13-14,16-17H2,1-3H3,(H,26,28)/t22-/m1/s1. The summed E-state index contributed by atoms with van der Waals surface area (Å²) in [5.41, 5.74) is 3.92. The number of hydrogen-bond acceptors (Lipinski definition) is 3. The second-order valence-corrected chi connectivity index (χ2v) is 9.17. The second kappa shape index (κ2) is 8.19. The van der Waals surface area contributed by atoms with Gasteiger partial charge in [-0.05, 0) is 70.5 Å². The summed E-state index contributed by atoms with van der Waals surface area (Å²) in [6.07, 6.45) is 4.69. The maximum absolute atomic E-state index is 13.0. The maximum atomic E-state index is 13.0. The Morgan fingerprint density at radius 1 is 1.10 bits per heavy atom. The van der Waals surface area contributed by atoms with Crippen LogP contribution in [0, 0.1) is 6.92 Å². The molecule has 29 heavy (non-hydrogen) atoms. The van der Waals surface area contributed by atoms with Gasteiger partial charge in [0, 0.05) is 24.1 Å². The fourth-order valence-corrected chi connectivity index (χ4v) is 4.48. The maximum Gasteiger partial charge on any atom is 0.251 e. The van der Waals surface area contributed by atoms with Crippen LogP contribution in [0.2, 0.25) is 0 Å². The van der Waals surface area contributed by atoms with E-state index in [0.29, 0.717) is 5.56 Å². The van der Waals surface area contributed by atoms with Gasteiger partial charge in [-0.3, -0.25) is 9.69 Å². The lowest BCUT2D eigenvalue weighted by molar-refractivity contribution is 0.0619. The van der Waals surface area contributed by atoms with Crippen molar-refractivity contribution >= 4 is 5.91 Å². The molecule has 1 fully saturated rings. The number of carbonyl (C=O) groups excluding carboxylic acids is 1. The summed E-state index contributed by atoms with van der Waals surface area (Å²) < 4.78 is 6.12. The molecule has 0 saturated carbocycles. The number of benzene rings is 2. The Morgan fingerprint density at radius 2 is 1.83 bits per heavy atom. The lowest BCUT2D eigenvalue weighted by atomic mass is 9.88. The van der Waals surface area contributed by atoms with Gasteiger partial charge in [0.2, 0.25) is 0 Å². The molecule has 2 aromatic carbocycles. The summed E-state index contributed by atoms with van der Waals surface area (Å²) in [6.45, 7) is 9.55. The van der Waals surface area contributed by atoms with Gasteiger partial charge >= 0.3 is 0 Å². The number of likely N-dealkylation sites (tertiary alicyclic amines) is 1. The number of nitrogens with zero attached hydrogens (tertiary/aromatic N) is 1. The molecule has 0 aromatic heterocycles. The highest BCUT2D eigenvalue weighted by atomic mass is 16.5. The highest BCUT2D eigenvalue weighted by Gasteiger charge is 2.34. The van der Waals surface area contributed by atoms with Crippen LogP contribution in [-0.2, 0) is 6.54 Å². The minimum absolute atomic E-state index is 0.0234. The van der Waals surface area contributed by atoms with Crippen molar-refractivity contribution in [1.29, 1.82) is 0 Å². The normalized spacial score (nSPS) is 21.1. The fraction of sp³-hybridized carbons (Fsp3) is 0.480. The van der Waals surface area contributed by atoms with E-state index in [0.717, 1.165) is 24.3 Å². The van der Waals surface area contributed by atoms with Gasteiger partial charge in [0.15, 0.2) is 0 Å². The zero-order valence-electron chi connectivity index (χ0n) is 17.8. The number of fused-ring (bicyclic) bond motifs is 1. The number of rotatable bonds is 4. The molecule has 0 radical (unpaired) electrons. The van der Waals surface area contributed by atoms with E-state index in [9.17, 15) is 4.79 Å². The highest BCUT2D eigenvalue weighted by molar-refractivity contribution is 5.94. The first-order valence-corrected chi connectivity index (χ1v) is 10.8. The van der Waals surface area contributed by atoms with Gasteiger partial charge in [0.1, 0.15) is 11.4 Å². The van der Waals surface area contributed by atoms with Gasteiger partial charge in [-0.2, -0.15) is 0 Å². The van der Waals surface area contributed by atoms with Crippen molar-refractivity contribution in [3.05, 3.63) is 64.7 Å². The topological polar surface area (TPSA) is 41.6 Å².